The minimum absolute atomic E-state index is 0.101. The zero-order chi connectivity index (χ0) is 31.1. The van der Waals surface area contributed by atoms with E-state index in [4.69, 9.17) is 14.2 Å². The zero-order valence-electron chi connectivity index (χ0n) is 23.6. The molecule has 1 unspecified atom stereocenters. The van der Waals surface area contributed by atoms with Crippen LogP contribution < -0.4 is 15.9 Å². The van der Waals surface area contributed by atoms with E-state index in [2.05, 4.69) is 0 Å². The molecule has 4 rings (SSSR count). The molecule has 0 aliphatic carbocycles. The average molecular weight is 624 g/mol. The first-order valence-corrected chi connectivity index (χ1v) is 15.8. The smallest absolute Gasteiger partial charge is 0.358 e. The van der Waals surface area contributed by atoms with Gasteiger partial charge in [0.25, 0.3) is 11.0 Å². The number of likely N-dealkylation sites (tertiary alicyclic amines) is 1. The molecule has 0 bridgehead atoms. The lowest BCUT2D eigenvalue weighted by Gasteiger charge is -2.48. The van der Waals surface area contributed by atoms with Gasteiger partial charge in [0.1, 0.15) is 16.9 Å². The van der Waals surface area contributed by atoms with E-state index >= 15 is 0 Å². The van der Waals surface area contributed by atoms with Crippen molar-refractivity contribution in [3.05, 3.63) is 91.0 Å². The number of rotatable bonds is 11. The summed E-state index contributed by atoms with van der Waals surface area (Å²) in [6, 6.07) is 27.4. The lowest BCUT2D eigenvalue weighted by Crippen LogP contribution is -2.68. The maximum Gasteiger partial charge on any atom is 0.358 e. The molecule has 224 valence electrons. The lowest BCUT2D eigenvalue weighted by molar-refractivity contribution is -0.164. The molecule has 0 saturated carbocycles. The Morgan fingerprint density at radius 2 is 1.33 bits per heavy atom. The minimum Gasteiger partial charge on any atom is -0.428 e. The number of hydrogen-bond donors (Lipinski definition) is 1. The number of aliphatic hydroxyl groups is 1. The van der Waals surface area contributed by atoms with Crippen LogP contribution >= 0.6 is 18.6 Å². The Kier molecular flexibility index (Phi) is 10.4. The SMILES string of the molecule is CO[C@@H]1C(=O)N(C(C(=O)OCOC(C)=O)=P(c2ccccc2)(c2ccccc2)c2ccccc2)[C@H]1SC(=O)C(=O)C(C)O. The summed E-state index contributed by atoms with van der Waals surface area (Å²) in [5.41, 5.74) is -0.101. The summed E-state index contributed by atoms with van der Waals surface area (Å²) in [4.78, 5) is 66.0. The molecule has 12 heteroatoms. The van der Waals surface area contributed by atoms with E-state index in [9.17, 15) is 29.1 Å². The van der Waals surface area contributed by atoms with Crippen LogP contribution in [0.1, 0.15) is 13.8 Å². The molecule has 1 fully saturated rings. The summed E-state index contributed by atoms with van der Waals surface area (Å²) in [7, 11) is 1.28. The van der Waals surface area contributed by atoms with Gasteiger partial charge in [0, 0.05) is 20.9 Å². The van der Waals surface area contributed by atoms with Gasteiger partial charge in [0.15, 0.2) is 6.10 Å². The number of β-lactam (4-membered cyclic amide) rings is 1. The number of ketones is 1. The molecule has 10 nitrogen and oxygen atoms in total. The number of carbonyl (C=O) groups excluding carboxylic acids is 5. The summed E-state index contributed by atoms with van der Waals surface area (Å²) >= 11 is 0.479. The van der Waals surface area contributed by atoms with Crippen LogP contribution in [0.5, 0.6) is 0 Å². The number of Topliss-reactive ketones (excluding diaryl/α,β-unsaturated/α-hetero) is 1. The maximum absolute atomic E-state index is 14.3. The summed E-state index contributed by atoms with van der Waals surface area (Å²) < 4.78 is 15.8. The fourth-order valence-corrected chi connectivity index (χ4v) is 10.3. The van der Waals surface area contributed by atoms with Crippen LogP contribution in [0.3, 0.4) is 0 Å². The Bertz CT molecular complexity index is 1460. The first kappa shape index (κ1) is 31.9. The number of benzene rings is 3. The second-order valence-electron chi connectivity index (χ2n) is 9.39. The molecule has 1 aliphatic heterocycles. The number of methoxy groups -OCH3 is 1. The number of ether oxygens (including phenoxy) is 3. The highest BCUT2D eigenvalue weighted by Crippen LogP contribution is 2.50. The van der Waals surface area contributed by atoms with E-state index in [0.717, 1.165) is 11.8 Å². The Labute approximate surface area is 252 Å². The van der Waals surface area contributed by atoms with Gasteiger partial charge >= 0.3 is 11.9 Å². The molecule has 3 aromatic carbocycles. The van der Waals surface area contributed by atoms with Crippen molar-refractivity contribution in [1.82, 2.24) is 4.90 Å². The standard InChI is InChI=1S/C31H30NO9PS/c1-20(33)25(35)31(38)43-29-26(39-3)27(36)32(29)28(30(37)41-19-40-21(2)34)42(22-13-7-4-8-14-22,23-15-9-5-10-16-23)24-17-11-6-12-18-24/h4-18,20,26,29,33H,19H2,1-3H3/t20?,26-,29+/m1/s1. The Morgan fingerprint density at radius 1 is 0.860 bits per heavy atom. The number of carbonyl (C=O) groups is 5. The van der Waals surface area contributed by atoms with Gasteiger partial charge in [-0.1, -0.05) is 103 Å². The minimum atomic E-state index is -3.31. The molecular weight excluding hydrogens is 593 g/mol. The van der Waals surface area contributed by atoms with Gasteiger partial charge in [-0.05, 0) is 22.8 Å². The van der Waals surface area contributed by atoms with E-state index in [1.165, 1.54) is 14.0 Å². The number of hydrogen-bond acceptors (Lipinski definition) is 10. The Balaban J connectivity index is 2.11. The molecule has 1 heterocycles. The van der Waals surface area contributed by atoms with E-state index in [1.807, 2.05) is 91.0 Å². The Hall–Kier alpha value is -4.02. The molecule has 43 heavy (non-hydrogen) atoms. The van der Waals surface area contributed by atoms with Crippen LogP contribution in [0, 0.1) is 0 Å². The van der Waals surface area contributed by atoms with Crippen molar-refractivity contribution in [2.24, 2.45) is 0 Å². The molecule has 1 aliphatic rings. The number of nitrogens with zero attached hydrogens (tertiary/aromatic N) is 1. The highest BCUT2D eigenvalue weighted by atomic mass is 32.2. The first-order valence-electron chi connectivity index (χ1n) is 13.2. The molecule has 0 aromatic heterocycles. The van der Waals surface area contributed by atoms with E-state index in [1.54, 1.807) is 0 Å². The van der Waals surface area contributed by atoms with Gasteiger partial charge in [0.05, 0.1) is 0 Å². The second-order valence-corrected chi connectivity index (χ2v) is 13.8. The molecule has 0 spiro atoms. The van der Waals surface area contributed by atoms with Gasteiger partial charge < -0.3 is 19.3 Å². The highest BCUT2D eigenvalue weighted by molar-refractivity contribution is 8.16. The topological polar surface area (TPSA) is 137 Å². The van der Waals surface area contributed by atoms with Crippen molar-refractivity contribution in [2.45, 2.75) is 31.4 Å². The largest absolute Gasteiger partial charge is 0.428 e. The average Bonchev–Trinajstić information content (AvgIpc) is 3.01. The van der Waals surface area contributed by atoms with E-state index in [-0.39, 0.29) is 5.42 Å². The van der Waals surface area contributed by atoms with Gasteiger partial charge in [-0.15, -0.1) is 0 Å². The summed E-state index contributed by atoms with van der Waals surface area (Å²) in [5.74, 6) is -3.34. The van der Waals surface area contributed by atoms with Gasteiger partial charge in [0.2, 0.25) is 12.6 Å². The first-order chi connectivity index (χ1) is 20.6. The fourth-order valence-electron chi connectivity index (χ4n) is 4.73. The van der Waals surface area contributed by atoms with Crippen LogP contribution in [-0.4, -0.2) is 75.7 Å². The van der Waals surface area contributed by atoms with Crippen molar-refractivity contribution in [2.75, 3.05) is 13.9 Å². The van der Waals surface area contributed by atoms with Gasteiger partial charge in [-0.3, -0.25) is 24.1 Å². The van der Waals surface area contributed by atoms with Gasteiger partial charge in [-0.25, -0.2) is 4.79 Å². The van der Waals surface area contributed by atoms with Crippen LogP contribution in [0.4, 0.5) is 0 Å². The van der Waals surface area contributed by atoms with Crippen LogP contribution in [-0.2, 0) is 38.2 Å². The molecule has 1 saturated heterocycles. The fraction of sp³-hybridized carbons (Fsp3) is 0.226. The predicted octanol–water partition coefficient (Wildman–Crippen LogP) is 1.57. The zero-order valence-corrected chi connectivity index (χ0v) is 25.3. The van der Waals surface area contributed by atoms with E-state index in [0.29, 0.717) is 27.7 Å². The highest BCUT2D eigenvalue weighted by Gasteiger charge is 2.56. The summed E-state index contributed by atoms with van der Waals surface area (Å²) in [6.07, 6.45) is -2.75. The number of aliphatic hydroxyl groups excluding tert-OH is 1. The number of esters is 2. The quantitative estimate of drug-likeness (QED) is 0.110. The molecule has 1 N–H and O–H groups in total. The second kappa shape index (κ2) is 14.0. The third-order valence-electron chi connectivity index (χ3n) is 6.67. The van der Waals surface area contributed by atoms with E-state index < -0.39 is 60.0 Å². The van der Waals surface area contributed by atoms with Crippen molar-refractivity contribution >= 4 is 68.7 Å². The van der Waals surface area contributed by atoms with Crippen LogP contribution in [0.15, 0.2) is 91.0 Å². The summed E-state index contributed by atoms with van der Waals surface area (Å²) in [5, 5.41) is 9.65. The van der Waals surface area contributed by atoms with Crippen LogP contribution in [0.25, 0.3) is 0 Å². The summed E-state index contributed by atoms with van der Waals surface area (Å²) in [6.45, 7) is -1.70. The van der Waals surface area contributed by atoms with Crippen molar-refractivity contribution in [3.63, 3.8) is 0 Å². The van der Waals surface area contributed by atoms with Gasteiger partial charge in [-0.2, -0.15) is 0 Å². The monoisotopic (exact) mass is 623 g/mol. The third kappa shape index (κ3) is 6.35. The number of thioether (sulfide) groups is 1. The molecule has 1 amide bonds. The molecule has 3 aromatic rings. The lowest BCUT2D eigenvalue weighted by atomic mass is 10.1. The Morgan fingerprint density at radius 3 is 1.72 bits per heavy atom. The molecule has 3 atom stereocenters. The van der Waals surface area contributed by atoms with Crippen molar-refractivity contribution < 1.29 is 43.3 Å². The third-order valence-corrected chi connectivity index (χ3v) is 12.0. The van der Waals surface area contributed by atoms with Crippen LogP contribution in [0.2, 0.25) is 0 Å². The molecule has 0 radical (unpaired) electrons. The maximum atomic E-state index is 14.3. The molecular formula is C31H30NO9PS. The van der Waals surface area contributed by atoms with Crippen molar-refractivity contribution in [1.29, 1.82) is 0 Å². The predicted molar refractivity (Wildman–Crippen MR) is 164 cm³/mol. The van der Waals surface area contributed by atoms with Crippen molar-refractivity contribution in [3.8, 4) is 0 Å². The normalized spacial score (nSPS) is 16.9. The number of amides is 1.